The summed E-state index contributed by atoms with van der Waals surface area (Å²) in [5.41, 5.74) is 8.59. The van der Waals surface area contributed by atoms with Crippen molar-refractivity contribution in [1.29, 1.82) is 0 Å². The van der Waals surface area contributed by atoms with Crippen LogP contribution in [0.1, 0.15) is 0 Å². The first-order valence-electron chi connectivity index (χ1n) is 16.3. The lowest BCUT2D eigenvalue weighted by atomic mass is 9.73. The van der Waals surface area contributed by atoms with Crippen LogP contribution in [0.4, 0.5) is 0 Å². The number of fused-ring (bicyclic) bond motifs is 5. The van der Waals surface area contributed by atoms with Gasteiger partial charge in [0.2, 0.25) is 0 Å². The van der Waals surface area contributed by atoms with Gasteiger partial charge in [-0.25, -0.2) is 0 Å². The molecule has 9 aromatic rings. The maximum Gasteiger partial charge on any atom is 0.200 e. The van der Waals surface area contributed by atoms with Gasteiger partial charge in [-0.2, -0.15) is 0 Å². The molecule has 0 fully saturated rings. The third-order valence-corrected chi connectivity index (χ3v) is 9.77. The zero-order chi connectivity index (χ0) is 34.1. The van der Waals surface area contributed by atoms with E-state index in [2.05, 4.69) is 54.6 Å². The van der Waals surface area contributed by atoms with Gasteiger partial charge in [0.1, 0.15) is 26.9 Å². The molecule has 9 rings (SSSR count). The molecule has 0 aliphatic rings. The van der Waals surface area contributed by atoms with Gasteiger partial charge in [0, 0.05) is 21.9 Å². The van der Waals surface area contributed by atoms with E-state index in [0.717, 1.165) is 71.3 Å². The van der Waals surface area contributed by atoms with E-state index in [9.17, 15) is 15.3 Å². The molecule has 6 heteroatoms. The summed E-state index contributed by atoms with van der Waals surface area (Å²) in [6.07, 6.45) is 0. The molecular formula is C44H26B2O4. The molecule has 0 saturated carbocycles. The normalized spacial score (nSPS) is 11.6. The van der Waals surface area contributed by atoms with Gasteiger partial charge in [-0.3, -0.25) is 0 Å². The number of furan rings is 1. The predicted octanol–water partition coefficient (Wildman–Crippen LogP) is 9.26. The number of phenols is 3. The van der Waals surface area contributed by atoms with Crippen molar-refractivity contribution in [3.8, 4) is 61.8 Å². The molecule has 3 N–H and O–H groups in total. The fourth-order valence-electron chi connectivity index (χ4n) is 7.39. The minimum absolute atomic E-state index is 0.0203. The Bertz CT molecular complexity index is 2720. The Hall–Kier alpha value is -6.39. The van der Waals surface area contributed by atoms with E-state index < -0.39 is 17.2 Å². The molecule has 1 heterocycles. The molecule has 0 atom stereocenters. The molecule has 0 unspecified atom stereocenters. The third-order valence-electron chi connectivity index (χ3n) is 9.77. The fourth-order valence-corrected chi connectivity index (χ4v) is 7.39. The number of hydrogen-bond donors (Lipinski definition) is 3. The van der Waals surface area contributed by atoms with Crippen LogP contribution >= 0.6 is 0 Å². The van der Waals surface area contributed by atoms with Gasteiger partial charge in [0.05, 0.1) is 0 Å². The van der Waals surface area contributed by atoms with Crippen molar-refractivity contribution in [2.24, 2.45) is 0 Å². The summed E-state index contributed by atoms with van der Waals surface area (Å²) < 4.78 is 6.45. The highest BCUT2D eigenvalue weighted by Crippen LogP contribution is 2.49. The van der Waals surface area contributed by atoms with Crippen molar-refractivity contribution in [2.75, 3.05) is 0 Å². The molecule has 0 spiro atoms. The summed E-state index contributed by atoms with van der Waals surface area (Å²) in [6.45, 7) is 0. The van der Waals surface area contributed by atoms with Crippen LogP contribution < -0.4 is 10.9 Å². The van der Waals surface area contributed by atoms with Gasteiger partial charge >= 0.3 is 0 Å². The Morgan fingerprint density at radius 2 is 0.920 bits per heavy atom. The van der Waals surface area contributed by atoms with Crippen LogP contribution in [0.3, 0.4) is 0 Å². The Labute approximate surface area is 290 Å². The van der Waals surface area contributed by atoms with Crippen LogP contribution in [0.2, 0.25) is 0 Å². The third kappa shape index (κ3) is 4.42. The zero-order valence-electron chi connectivity index (χ0n) is 26.7. The highest BCUT2D eigenvalue weighted by molar-refractivity contribution is 6.53. The average Bonchev–Trinajstić information content (AvgIpc) is 3.55. The lowest BCUT2D eigenvalue weighted by molar-refractivity contribution is 0.371. The van der Waals surface area contributed by atoms with Gasteiger partial charge in [0.25, 0.3) is 0 Å². The molecule has 0 aliphatic carbocycles. The SMILES string of the molecule is [B]c1c([B])c(-c2c3ccccc3c(-c3cccc4oc5ccc(-c6ccc(-c7ccccc7)cc6)cc5c34)c3ccccc23)c(O)c(O)c1O. The molecule has 0 bridgehead atoms. The van der Waals surface area contributed by atoms with Crippen LogP contribution in [-0.4, -0.2) is 31.0 Å². The van der Waals surface area contributed by atoms with Gasteiger partial charge in [0.15, 0.2) is 17.2 Å². The van der Waals surface area contributed by atoms with Gasteiger partial charge in [-0.1, -0.05) is 132 Å². The standard InChI is InChI=1S/C44H26B2O4/c45-40-39(42(47)44(49)43(48)41(40)46)38-30-13-6-4-11-28(30)36(29-12-5-7-14-31(29)38)32-15-8-16-35-37(32)33-23-27(21-22-34(33)50-35)26-19-17-25(18-20-26)24-9-2-1-3-10-24/h1-23,47-49H. The lowest BCUT2D eigenvalue weighted by Crippen LogP contribution is -2.28. The quantitative estimate of drug-likeness (QED) is 0.102. The Morgan fingerprint density at radius 1 is 0.380 bits per heavy atom. The van der Waals surface area contributed by atoms with E-state index in [1.165, 1.54) is 5.56 Å². The molecule has 1 aromatic heterocycles. The molecule has 50 heavy (non-hydrogen) atoms. The van der Waals surface area contributed by atoms with Crippen LogP contribution in [0, 0.1) is 0 Å². The van der Waals surface area contributed by atoms with E-state index in [-0.39, 0.29) is 16.5 Å². The van der Waals surface area contributed by atoms with E-state index in [4.69, 9.17) is 20.1 Å². The van der Waals surface area contributed by atoms with Gasteiger partial charge < -0.3 is 19.7 Å². The number of phenolic OH excluding ortho intramolecular Hbond substituents is 3. The van der Waals surface area contributed by atoms with E-state index >= 15 is 0 Å². The number of benzene rings is 8. The first kappa shape index (κ1) is 29.7. The largest absolute Gasteiger partial charge is 0.505 e. The van der Waals surface area contributed by atoms with Crippen LogP contribution in [-0.2, 0) is 0 Å². The zero-order valence-corrected chi connectivity index (χ0v) is 26.7. The number of hydrogen-bond acceptors (Lipinski definition) is 4. The lowest BCUT2D eigenvalue weighted by Gasteiger charge is -2.22. The van der Waals surface area contributed by atoms with Crippen molar-refractivity contribution in [1.82, 2.24) is 0 Å². The molecule has 0 aliphatic heterocycles. The second-order valence-electron chi connectivity index (χ2n) is 12.5. The van der Waals surface area contributed by atoms with Crippen LogP contribution in [0.25, 0.3) is 88.0 Å². The Balaban J connectivity index is 1.31. The summed E-state index contributed by atoms with van der Waals surface area (Å²) in [7, 11) is 12.6. The minimum Gasteiger partial charge on any atom is -0.505 e. The first-order chi connectivity index (χ1) is 24.4. The fraction of sp³-hybridized carbons (Fsp3) is 0. The van der Waals surface area contributed by atoms with Crippen molar-refractivity contribution in [3.63, 3.8) is 0 Å². The van der Waals surface area contributed by atoms with E-state index in [1.54, 1.807) is 0 Å². The highest BCUT2D eigenvalue weighted by Gasteiger charge is 2.25. The number of rotatable bonds is 4. The molecule has 0 amide bonds. The molecule has 8 aromatic carbocycles. The van der Waals surface area contributed by atoms with E-state index in [1.807, 2.05) is 84.9 Å². The van der Waals surface area contributed by atoms with Crippen LogP contribution in [0.5, 0.6) is 17.2 Å². The summed E-state index contributed by atoms with van der Waals surface area (Å²) in [5, 5.41) is 37.6. The van der Waals surface area contributed by atoms with Crippen molar-refractivity contribution >= 4 is 70.1 Å². The highest BCUT2D eigenvalue weighted by atomic mass is 16.3. The van der Waals surface area contributed by atoms with Crippen molar-refractivity contribution in [2.45, 2.75) is 0 Å². The van der Waals surface area contributed by atoms with E-state index in [0.29, 0.717) is 5.56 Å². The summed E-state index contributed by atoms with van der Waals surface area (Å²) >= 11 is 0. The van der Waals surface area contributed by atoms with Gasteiger partial charge in [-0.05, 0) is 73.1 Å². The Kier molecular flexibility index (Phi) is 6.75. The second-order valence-corrected chi connectivity index (χ2v) is 12.5. The molecule has 4 radical (unpaired) electrons. The molecular weight excluding hydrogens is 614 g/mol. The second kappa shape index (κ2) is 11.4. The minimum atomic E-state index is -0.718. The Morgan fingerprint density at radius 3 is 1.56 bits per heavy atom. The average molecular weight is 640 g/mol. The maximum atomic E-state index is 11.2. The summed E-state index contributed by atoms with van der Waals surface area (Å²) in [4.78, 5) is 0. The predicted molar refractivity (Wildman–Crippen MR) is 206 cm³/mol. The van der Waals surface area contributed by atoms with Crippen LogP contribution in [0.15, 0.2) is 144 Å². The topological polar surface area (TPSA) is 73.8 Å². The smallest absolute Gasteiger partial charge is 0.200 e. The van der Waals surface area contributed by atoms with Crippen molar-refractivity contribution < 1.29 is 19.7 Å². The van der Waals surface area contributed by atoms with Crippen molar-refractivity contribution in [3.05, 3.63) is 140 Å². The molecule has 232 valence electrons. The number of aromatic hydroxyl groups is 3. The maximum absolute atomic E-state index is 11.2. The molecule has 0 saturated heterocycles. The first-order valence-corrected chi connectivity index (χ1v) is 16.3. The summed E-state index contributed by atoms with van der Waals surface area (Å²) in [6, 6.07) is 47.2. The summed E-state index contributed by atoms with van der Waals surface area (Å²) in [5.74, 6) is -1.91. The van der Waals surface area contributed by atoms with Gasteiger partial charge in [-0.15, -0.1) is 0 Å². The monoisotopic (exact) mass is 640 g/mol. The molecule has 4 nitrogen and oxygen atoms in total.